The highest BCUT2D eigenvalue weighted by molar-refractivity contribution is 7.89. The molecule has 13 nitrogen and oxygen atoms in total. The van der Waals surface area contributed by atoms with E-state index in [1.807, 2.05) is 0 Å². The minimum absolute atomic E-state index is 0.0622. The lowest BCUT2D eigenvalue weighted by Crippen LogP contribution is -2.59. The first-order valence-corrected chi connectivity index (χ1v) is 14.7. The average molecular weight is 664 g/mol. The van der Waals surface area contributed by atoms with Gasteiger partial charge in [-0.15, -0.1) is 18.3 Å². The number of halogens is 5. The van der Waals surface area contributed by atoms with Crippen LogP contribution in [0.4, 0.5) is 22.0 Å². The molecule has 0 spiro atoms. The van der Waals surface area contributed by atoms with Crippen LogP contribution < -0.4 is 10.5 Å². The van der Waals surface area contributed by atoms with Crippen molar-refractivity contribution < 1.29 is 49.8 Å². The zero-order valence-electron chi connectivity index (χ0n) is 24.0. The van der Waals surface area contributed by atoms with Gasteiger partial charge >= 0.3 is 12.3 Å². The molecule has 1 aliphatic heterocycles. The molecule has 1 atom stereocenters. The van der Waals surface area contributed by atoms with Crippen LogP contribution in [0.25, 0.3) is 0 Å². The number of carbonyl (C=O) groups excluding carboxylic acids is 1. The van der Waals surface area contributed by atoms with Crippen molar-refractivity contribution in [2.45, 2.75) is 49.5 Å². The smallest absolute Gasteiger partial charge is 0.480 e. The molecule has 1 saturated heterocycles. The van der Waals surface area contributed by atoms with E-state index in [-0.39, 0.29) is 37.3 Å². The summed E-state index contributed by atoms with van der Waals surface area (Å²) in [6.45, 7) is 1.01. The van der Waals surface area contributed by atoms with Gasteiger partial charge in [0.1, 0.15) is 11.8 Å². The summed E-state index contributed by atoms with van der Waals surface area (Å²) in [5.41, 5.74) is 6.29. The Morgan fingerprint density at radius 3 is 2.16 bits per heavy atom. The number of aliphatic carboxylic acids is 1. The lowest BCUT2D eigenvalue weighted by Gasteiger charge is -2.38. The van der Waals surface area contributed by atoms with Gasteiger partial charge in [-0.2, -0.15) is 4.31 Å². The third-order valence-corrected chi connectivity index (χ3v) is 8.63. The first-order chi connectivity index (χ1) is 21.0. The molecule has 0 aliphatic carbocycles. The van der Waals surface area contributed by atoms with Crippen LogP contribution in [0.1, 0.15) is 30.3 Å². The van der Waals surface area contributed by atoms with Crippen LogP contribution in [0.2, 0.25) is 0 Å². The molecule has 1 fully saturated rings. The van der Waals surface area contributed by atoms with Gasteiger partial charge in [-0.1, -0.05) is 31.2 Å². The number of amides is 1. The van der Waals surface area contributed by atoms with Crippen LogP contribution in [0.15, 0.2) is 53.4 Å². The number of carboxylic acids is 1. The van der Waals surface area contributed by atoms with E-state index in [4.69, 9.17) is 5.73 Å². The summed E-state index contributed by atoms with van der Waals surface area (Å²) >= 11 is 0. The van der Waals surface area contributed by atoms with Gasteiger partial charge in [-0.25, -0.2) is 21.9 Å². The number of tetrazole rings is 1. The summed E-state index contributed by atoms with van der Waals surface area (Å²) in [7, 11) is -2.86. The molecule has 0 bridgehead atoms. The predicted octanol–water partition coefficient (Wildman–Crippen LogP) is 2.28. The molecule has 4 rings (SSSR count). The van der Waals surface area contributed by atoms with Crippen LogP contribution in [0, 0.1) is 0 Å². The fraction of sp³-hybridized carbons (Fsp3) is 0.423. The first-order valence-electron chi connectivity index (χ1n) is 13.2. The molecular weight excluding hydrogens is 633 g/mol. The number of benzene rings is 2. The molecule has 246 valence electrons. The zero-order valence-corrected chi connectivity index (χ0v) is 24.8. The fourth-order valence-electron chi connectivity index (χ4n) is 4.16. The lowest BCUT2D eigenvalue weighted by molar-refractivity contribution is -0.274. The van der Waals surface area contributed by atoms with E-state index in [1.54, 1.807) is 12.1 Å². The number of piperazine rings is 1. The summed E-state index contributed by atoms with van der Waals surface area (Å²) in [4.78, 5) is 25.1. The molecule has 3 N–H and O–H groups in total. The predicted molar refractivity (Wildman–Crippen MR) is 146 cm³/mol. The molecular formula is C26H30F5N7O6S. The summed E-state index contributed by atoms with van der Waals surface area (Å²) < 4.78 is 94.6. The number of aromatic nitrogens is 4. The number of hydrogen-bond donors (Lipinski definition) is 2. The number of carboxylic acid groups (broad SMARTS) is 1. The molecule has 45 heavy (non-hydrogen) atoms. The maximum atomic E-state index is 13.1. The SMILES string of the molecule is CCC(F)(F)c1ccc(CN)cc1.Cn1nnnc1CC(=O)N1CCN(S(=O)(=O)c2ccc(OC(F)(F)F)cc2)[C@@H](C(=O)O)C1. The van der Waals surface area contributed by atoms with Crippen LogP contribution in [0.5, 0.6) is 5.75 Å². The Labute approximate surface area is 254 Å². The van der Waals surface area contributed by atoms with Crippen molar-refractivity contribution in [3.05, 3.63) is 65.5 Å². The van der Waals surface area contributed by atoms with Gasteiger partial charge in [0.15, 0.2) is 5.82 Å². The highest BCUT2D eigenvalue weighted by Gasteiger charge is 2.41. The van der Waals surface area contributed by atoms with E-state index >= 15 is 0 Å². The van der Waals surface area contributed by atoms with Crippen molar-refractivity contribution in [2.75, 3.05) is 19.6 Å². The quantitative estimate of drug-likeness (QED) is 0.324. The van der Waals surface area contributed by atoms with Crippen molar-refractivity contribution >= 4 is 21.9 Å². The Balaban J connectivity index is 0.000000355. The number of hydrogen-bond acceptors (Lipinski definition) is 9. The van der Waals surface area contributed by atoms with Crippen molar-refractivity contribution in [1.82, 2.24) is 29.4 Å². The Kier molecular flexibility index (Phi) is 11.2. The number of nitrogens with two attached hydrogens (primary N) is 1. The monoisotopic (exact) mass is 663 g/mol. The average Bonchev–Trinajstić information content (AvgIpc) is 3.40. The second kappa shape index (κ2) is 14.2. The molecule has 19 heteroatoms. The van der Waals surface area contributed by atoms with Gasteiger partial charge in [0, 0.05) is 45.2 Å². The Morgan fingerprint density at radius 1 is 1.04 bits per heavy atom. The van der Waals surface area contributed by atoms with Crippen LogP contribution in [-0.2, 0) is 45.5 Å². The highest BCUT2D eigenvalue weighted by Crippen LogP contribution is 2.31. The number of sulfonamides is 1. The van der Waals surface area contributed by atoms with Crippen molar-refractivity contribution in [2.24, 2.45) is 12.8 Å². The number of nitrogens with zero attached hydrogens (tertiary/aromatic N) is 6. The Morgan fingerprint density at radius 2 is 1.67 bits per heavy atom. The van der Waals surface area contributed by atoms with Crippen LogP contribution >= 0.6 is 0 Å². The van der Waals surface area contributed by atoms with Gasteiger partial charge < -0.3 is 20.5 Å². The maximum Gasteiger partial charge on any atom is 0.573 e. The highest BCUT2D eigenvalue weighted by atomic mass is 32.2. The number of ether oxygens (including phenoxy) is 1. The van der Waals surface area contributed by atoms with E-state index in [2.05, 4.69) is 20.3 Å². The summed E-state index contributed by atoms with van der Waals surface area (Å²) in [5.74, 6) is -5.06. The Bertz CT molecular complexity index is 1570. The minimum Gasteiger partial charge on any atom is -0.480 e. The number of aryl methyl sites for hydroxylation is 1. The van der Waals surface area contributed by atoms with Gasteiger partial charge in [0.05, 0.1) is 11.3 Å². The van der Waals surface area contributed by atoms with E-state index < -0.39 is 57.4 Å². The molecule has 2 aromatic carbocycles. The molecule has 0 saturated carbocycles. The standard InChI is InChI=1S/C16H17F3N6O6S.C10H13F2N/c1-23-13(20-21-22-23)8-14(26)24-6-7-25(12(9-24)15(27)28)32(29,30)11-4-2-10(3-5-11)31-16(17,18)19;1-2-10(11,12)9-5-3-8(7-13)4-6-9/h2-5,12H,6-9H2,1H3,(H,27,28);3-6H,2,7,13H2,1H3/t12-;/m1./s1. The molecule has 1 aromatic heterocycles. The molecule has 1 aliphatic rings. The first kappa shape index (κ1) is 35.3. The largest absolute Gasteiger partial charge is 0.573 e. The second-order valence-corrected chi connectivity index (χ2v) is 11.6. The van der Waals surface area contributed by atoms with Gasteiger partial charge in [0.25, 0.3) is 5.92 Å². The molecule has 0 unspecified atom stereocenters. The summed E-state index contributed by atoms with van der Waals surface area (Å²) in [5, 5.41) is 20.2. The van der Waals surface area contributed by atoms with E-state index in [0.717, 1.165) is 29.8 Å². The number of rotatable bonds is 9. The van der Waals surface area contributed by atoms with Gasteiger partial charge in [-0.3, -0.25) is 9.59 Å². The molecule has 3 aromatic rings. The fourth-order valence-corrected chi connectivity index (χ4v) is 5.73. The lowest BCUT2D eigenvalue weighted by atomic mass is 10.0. The van der Waals surface area contributed by atoms with Crippen molar-refractivity contribution in [1.29, 1.82) is 0 Å². The minimum atomic E-state index is -4.95. The maximum absolute atomic E-state index is 13.1. The van der Waals surface area contributed by atoms with Gasteiger partial charge in [-0.05, 0) is 40.3 Å². The molecule has 0 radical (unpaired) electrons. The number of carbonyl (C=O) groups is 2. The van der Waals surface area contributed by atoms with E-state index in [0.29, 0.717) is 10.8 Å². The van der Waals surface area contributed by atoms with Crippen LogP contribution in [-0.4, -0.2) is 86.9 Å². The summed E-state index contributed by atoms with van der Waals surface area (Å²) in [6, 6.07) is 7.94. The van der Waals surface area contributed by atoms with Crippen LogP contribution in [0.3, 0.4) is 0 Å². The van der Waals surface area contributed by atoms with E-state index in [1.165, 1.54) is 35.7 Å². The zero-order chi connectivity index (χ0) is 33.6. The Hall–Kier alpha value is -4.23. The molecule has 2 heterocycles. The van der Waals surface area contributed by atoms with Gasteiger partial charge in [0.2, 0.25) is 15.9 Å². The van der Waals surface area contributed by atoms with E-state index in [9.17, 15) is 45.1 Å². The third-order valence-electron chi connectivity index (χ3n) is 6.71. The van der Waals surface area contributed by atoms with Crippen molar-refractivity contribution in [3.8, 4) is 5.75 Å². The topological polar surface area (TPSA) is 174 Å². The number of alkyl halides is 5. The van der Waals surface area contributed by atoms with Crippen molar-refractivity contribution in [3.63, 3.8) is 0 Å². The second-order valence-electron chi connectivity index (χ2n) is 9.68. The third kappa shape index (κ3) is 9.14. The summed E-state index contributed by atoms with van der Waals surface area (Å²) in [6.07, 6.45) is -5.32. The normalized spacial score (nSPS) is 16.1. The molecule has 1 amide bonds.